The van der Waals surface area contributed by atoms with Crippen molar-refractivity contribution < 1.29 is 8.42 Å². The number of sulfonamides is 1. The second kappa shape index (κ2) is 7.26. The van der Waals surface area contributed by atoms with E-state index in [-0.39, 0.29) is 7.66 Å². The van der Waals surface area contributed by atoms with Crippen LogP contribution in [0.5, 0.6) is 0 Å². The molecule has 1 saturated heterocycles. The van der Waals surface area contributed by atoms with Gasteiger partial charge >= 0.3 is 0 Å². The number of hydrogen-bond acceptors (Lipinski definition) is 5. The summed E-state index contributed by atoms with van der Waals surface area (Å²) < 4.78 is 26.3. The molecular formula is C19H23IN4O2S2. The third-order valence-corrected chi connectivity index (χ3v) is 10.8. The summed E-state index contributed by atoms with van der Waals surface area (Å²) in [6, 6.07) is 8.41. The number of nitrogens with zero attached hydrogens (tertiary/aromatic N) is 3. The van der Waals surface area contributed by atoms with Crippen molar-refractivity contribution in [2.45, 2.75) is 18.7 Å². The minimum absolute atomic E-state index is 0.143. The first-order valence-corrected chi connectivity index (χ1v) is 14.6. The normalized spacial score (nSPS) is 19.7. The van der Waals surface area contributed by atoms with Crippen LogP contribution in [0.3, 0.4) is 0 Å². The average Bonchev–Trinajstić information content (AvgIpc) is 2.63. The van der Waals surface area contributed by atoms with Crippen LogP contribution in [-0.4, -0.2) is 45.2 Å². The minimum atomic E-state index is -3.12. The highest BCUT2D eigenvalue weighted by Crippen LogP contribution is 2.47. The van der Waals surface area contributed by atoms with Gasteiger partial charge in [0.2, 0.25) is 10.0 Å². The van der Waals surface area contributed by atoms with Crippen molar-refractivity contribution in [3.63, 3.8) is 0 Å². The first-order chi connectivity index (χ1) is 13.1. The highest BCUT2D eigenvalue weighted by atomic mass is 127. The molecule has 1 fully saturated rings. The molecule has 0 bridgehead atoms. The van der Waals surface area contributed by atoms with Crippen LogP contribution in [0.2, 0.25) is 0 Å². The zero-order valence-electron chi connectivity index (χ0n) is 16.1. The Balaban J connectivity index is 1.78. The Morgan fingerprint density at radius 1 is 1.07 bits per heavy atom. The molecule has 0 saturated carbocycles. The molecule has 0 spiro atoms. The number of nitrogen functional groups attached to an aromatic ring is 1. The molecule has 1 unspecified atom stereocenters. The number of fused-ring (bicyclic) bond motifs is 2. The van der Waals surface area contributed by atoms with E-state index in [9.17, 15) is 8.42 Å². The largest absolute Gasteiger partial charge is 0.399 e. The van der Waals surface area contributed by atoms with E-state index in [2.05, 4.69) is 52.1 Å². The average molecular weight is 530 g/mol. The first kappa shape index (κ1) is 20.1. The van der Waals surface area contributed by atoms with Gasteiger partial charge in [-0.05, 0) is 70.4 Å². The zero-order chi connectivity index (χ0) is 20.2. The highest BCUT2D eigenvalue weighted by molar-refractivity contribution is 14.2. The van der Waals surface area contributed by atoms with Gasteiger partial charge in [0.1, 0.15) is 0 Å². The van der Waals surface area contributed by atoms with E-state index in [0.29, 0.717) is 26.2 Å². The third-order valence-electron chi connectivity index (χ3n) is 5.22. The van der Waals surface area contributed by atoms with Crippen LogP contribution in [0.4, 0.5) is 17.1 Å². The van der Waals surface area contributed by atoms with Crippen LogP contribution in [0.15, 0.2) is 34.2 Å². The highest BCUT2D eigenvalue weighted by Gasteiger charge is 2.24. The number of hydrogen-bond donors (Lipinski definition) is 1. The van der Waals surface area contributed by atoms with Gasteiger partial charge in [0, 0.05) is 47.0 Å². The summed E-state index contributed by atoms with van der Waals surface area (Å²) in [5.74, 6) is 0. The molecule has 2 aliphatic rings. The summed E-state index contributed by atoms with van der Waals surface area (Å²) in [6.07, 6.45) is 1.28. The Morgan fingerprint density at radius 3 is 2.39 bits per heavy atom. The van der Waals surface area contributed by atoms with E-state index in [0.717, 1.165) is 33.5 Å². The second-order valence-corrected chi connectivity index (χ2v) is 13.3. The van der Waals surface area contributed by atoms with Crippen LogP contribution >= 0.6 is 28.9 Å². The van der Waals surface area contributed by atoms with Crippen LogP contribution in [0.25, 0.3) is 0 Å². The Bertz CT molecular complexity index is 1200. The first-order valence-electron chi connectivity index (χ1n) is 9.02. The summed E-state index contributed by atoms with van der Waals surface area (Å²) >= 11 is 2.50. The maximum Gasteiger partial charge on any atom is 0.211 e. The lowest BCUT2D eigenvalue weighted by atomic mass is 10.1. The Morgan fingerprint density at radius 2 is 1.75 bits per heavy atom. The molecule has 150 valence electrons. The maximum atomic E-state index is 11.8. The van der Waals surface area contributed by atoms with E-state index in [1.807, 2.05) is 12.1 Å². The van der Waals surface area contributed by atoms with Crippen molar-refractivity contribution in [2.75, 3.05) is 43.1 Å². The number of piperazine rings is 1. The van der Waals surface area contributed by atoms with Gasteiger partial charge in [-0.3, -0.25) is 0 Å². The number of benzene rings is 2. The van der Waals surface area contributed by atoms with Crippen molar-refractivity contribution >= 4 is 55.9 Å². The number of anilines is 2. The zero-order valence-corrected chi connectivity index (χ0v) is 19.9. The van der Waals surface area contributed by atoms with Crippen molar-refractivity contribution in [3.8, 4) is 0 Å². The van der Waals surface area contributed by atoms with Gasteiger partial charge in [-0.2, -0.15) is 4.31 Å². The smallest absolute Gasteiger partial charge is 0.211 e. The second-order valence-electron chi connectivity index (χ2n) is 7.31. The Hall–Kier alpha value is -1.17. The van der Waals surface area contributed by atoms with E-state index >= 15 is 0 Å². The number of halogens is 1. The molecule has 0 radical (unpaired) electrons. The summed E-state index contributed by atoms with van der Waals surface area (Å²) in [7, 11) is -3.27. The number of aryl methyl sites for hydroxylation is 2. The predicted molar refractivity (Wildman–Crippen MR) is 125 cm³/mol. The molecule has 2 aromatic carbocycles. The van der Waals surface area contributed by atoms with Crippen LogP contribution in [0.1, 0.15) is 11.1 Å². The molecule has 2 heterocycles. The molecule has 1 atom stereocenters. The molecule has 0 aliphatic carbocycles. The van der Waals surface area contributed by atoms with Crippen LogP contribution < -0.4 is 16.0 Å². The molecule has 9 heteroatoms. The molecule has 28 heavy (non-hydrogen) atoms. The van der Waals surface area contributed by atoms with Crippen molar-refractivity contribution in [1.29, 1.82) is 0 Å². The standard InChI is InChI=1S/C19H23IN4O2S2/c1-12-8-14(21)10-16-18(12)22-19-13(2)9-15(11-17(19)27(16)20)23-4-6-24(7-5-23)28(3,25)26/h8-11H,4-7,21H2,1-3H3. The Kier molecular flexibility index (Phi) is 5.22. The van der Waals surface area contributed by atoms with E-state index in [4.69, 9.17) is 10.7 Å². The number of rotatable bonds is 2. The van der Waals surface area contributed by atoms with E-state index in [1.165, 1.54) is 15.7 Å². The molecule has 2 aromatic rings. The molecule has 6 nitrogen and oxygen atoms in total. The lowest BCUT2D eigenvalue weighted by molar-refractivity contribution is 0.388. The van der Waals surface area contributed by atoms with Gasteiger partial charge in [0.25, 0.3) is 0 Å². The topological polar surface area (TPSA) is 79.0 Å². The van der Waals surface area contributed by atoms with Gasteiger partial charge in [-0.25, -0.2) is 13.4 Å². The fourth-order valence-corrected chi connectivity index (χ4v) is 8.05. The summed E-state index contributed by atoms with van der Waals surface area (Å²) in [4.78, 5) is 8.42. The summed E-state index contributed by atoms with van der Waals surface area (Å²) in [6.45, 7) is 6.59. The van der Waals surface area contributed by atoms with Crippen LogP contribution in [0, 0.1) is 18.4 Å². The monoisotopic (exact) mass is 530 g/mol. The molecule has 0 amide bonds. The van der Waals surface area contributed by atoms with Gasteiger partial charge < -0.3 is 10.6 Å². The molecule has 0 aromatic heterocycles. The van der Waals surface area contributed by atoms with E-state index in [1.54, 1.807) is 4.31 Å². The van der Waals surface area contributed by atoms with Gasteiger partial charge in [0.15, 0.2) is 0 Å². The fraction of sp³-hybridized carbons (Fsp3) is 0.368. The van der Waals surface area contributed by atoms with Gasteiger partial charge in [-0.15, -0.1) is 0 Å². The summed E-state index contributed by atoms with van der Waals surface area (Å²) in [5, 5.41) is 1.05. The SMILES string of the molecule is Cc1cc(N)cc2c1N=c1c(C)cc(N3CCN(S(C)(=O)=O)CC3)cc1=S2I. The lowest BCUT2D eigenvalue weighted by Crippen LogP contribution is -2.48. The molecule has 4 rings (SSSR count). The predicted octanol–water partition coefficient (Wildman–Crippen LogP) is 3.16. The van der Waals surface area contributed by atoms with Gasteiger partial charge in [-0.1, -0.05) is 7.66 Å². The Labute approximate surface area is 180 Å². The fourth-order valence-electron chi connectivity index (χ4n) is 3.75. The van der Waals surface area contributed by atoms with E-state index < -0.39 is 10.0 Å². The summed E-state index contributed by atoms with van der Waals surface area (Å²) in [5.41, 5.74) is 11.3. The maximum absolute atomic E-state index is 11.8. The minimum Gasteiger partial charge on any atom is -0.399 e. The van der Waals surface area contributed by atoms with Crippen LogP contribution in [-0.2, 0) is 10.0 Å². The molecular weight excluding hydrogens is 507 g/mol. The number of nitrogens with two attached hydrogens (primary N) is 1. The molecule has 2 aliphatic heterocycles. The lowest BCUT2D eigenvalue weighted by Gasteiger charge is -2.35. The molecule has 2 N–H and O–H groups in total. The van der Waals surface area contributed by atoms with Gasteiger partial charge in [0.05, 0.1) is 17.3 Å². The van der Waals surface area contributed by atoms with Crippen molar-refractivity contribution in [2.24, 2.45) is 4.99 Å². The third kappa shape index (κ3) is 3.57. The van der Waals surface area contributed by atoms with Crippen molar-refractivity contribution in [1.82, 2.24) is 4.31 Å². The van der Waals surface area contributed by atoms with Crippen molar-refractivity contribution in [3.05, 3.63) is 45.3 Å². The quantitative estimate of drug-likeness (QED) is 0.368.